The summed E-state index contributed by atoms with van der Waals surface area (Å²) < 4.78 is 0. The fourth-order valence-corrected chi connectivity index (χ4v) is 2.16. The lowest BCUT2D eigenvalue weighted by Gasteiger charge is -2.18. The van der Waals surface area contributed by atoms with Gasteiger partial charge in [-0.15, -0.1) is 0 Å². The first-order chi connectivity index (χ1) is 11.3. The number of benzene rings is 2. The molecule has 3 aromatic rings. The summed E-state index contributed by atoms with van der Waals surface area (Å²) in [5.74, 6) is 1.49. The average molecular weight is 301 g/mol. The van der Waals surface area contributed by atoms with E-state index in [0.717, 1.165) is 17.2 Å². The van der Waals surface area contributed by atoms with Gasteiger partial charge in [0, 0.05) is 24.5 Å². The smallest absolute Gasteiger partial charge is 0.138 e. The highest BCUT2D eigenvalue weighted by Crippen LogP contribution is 2.23. The molecule has 23 heavy (non-hydrogen) atoms. The topological polar surface area (TPSA) is 64.8 Å². The molecule has 0 aliphatic heterocycles. The highest BCUT2D eigenvalue weighted by Gasteiger charge is 2.06. The van der Waals surface area contributed by atoms with Crippen LogP contribution in [0.15, 0.2) is 67.0 Å². The van der Waals surface area contributed by atoms with E-state index in [-0.39, 0.29) is 0 Å². The molecule has 0 saturated carbocycles. The molecule has 0 amide bonds. The second-order valence-electron chi connectivity index (χ2n) is 4.97. The van der Waals surface area contributed by atoms with E-state index in [2.05, 4.69) is 21.4 Å². The maximum absolute atomic E-state index is 8.83. The maximum Gasteiger partial charge on any atom is 0.138 e. The van der Waals surface area contributed by atoms with Gasteiger partial charge in [0.05, 0.1) is 11.6 Å². The molecule has 1 heterocycles. The first kappa shape index (κ1) is 14.5. The van der Waals surface area contributed by atoms with Crippen LogP contribution in [0.5, 0.6) is 0 Å². The maximum atomic E-state index is 8.83. The third kappa shape index (κ3) is 3.44. The monoisotopic (exact) mass is 301 g/mol. The molecule has 0 aliphatic rings. The number of nitriles is 1. The number of nitrogens with zero attached hydrogens (tertiary/aromatic N) is 4. The van der Waals surface area contributed by atoms with Crippen LogP contribution >= 0.6 is 0 Å². The largest absolute Gasteiger partial charge is 0.340 e. The minimum Gasteiger partial charge on any atom is -0.340 e. The molecule has 0 saturated heterocycles. The minimum atomic E-state index is 0.628. The Morgan fingerprint density at radius 2 is 1.74 bits per heavy atom. The predicted octanol–water partition coefficient (Wildman–Crippen LogP) is 3.86. The minimum absolute atomic E-state index is 0.628. The number of rotatable bonds is 4. The summed E-state index contributed by atoms with van der Waals surface area (Å²) in [6.07, 6.45) is 1.53. The quantitative estimate of drug-likeness (QED) is 0.792. The first-order valence-electron chi connectivity index (χ1n) is 7.14. The lowest BCUT2D eigenvalue weighted by Crippen LogP contribution is -2.11. The van der Waals surface area contributed by atoms with E-state index in [1.807, 2.05) is 60.5 Å². The predicted molar refractivity (Wildman–Crippen MR) is 91.0 cm³/mol. The Kier molecular flexibility index (Phi) is 4.16. The summed E-state index contributed by atoms with van der Waals surface area (Å²) in [5, 5.41) is 12.0. The molecule has 0 radical (unpaired) electrons. The van der Waals surface area contributed by atoms with Crippen molar-refractivity contribution in [2.24, 2.45) is 0 Å². The molecule has 1 aromatic heterocycles. The Balaban J connectivity index is 1.81. The zero-order valence-corrected chi connectivity index (χ0v) is 12.6. The van der Waals surface area contributed by atoms with Crippen LogP contribution < -0.4 is 10.2 Å². The van der Waals surface area contributed by atoms with Crippen LogP contribution in [-0.2, 0) is 0 Å². The van der Waals surface area contributed by atoms with Crippen LogP contribution in [0.2, 0.25) is 0 Å². The van der Waals surface area contributed by atoms with Gasteiger partial charge in [0.1, 0.15) is 18.0 Å². The van der Waals surface area contributed by atoms with E-state index in [9.17, 15) is 0 Å². The second-order valence-corrected chi connectivity index (χ2v) is 4.97. The molecule has 0 unspecified atom stereocenters. The molecule has 5 nitrogen and oxygen atoms in total. The van der Waals surface area contributed by atoms with Crippen molar-refractivity contribution in [2.75, 3.05) is 17.3 Å². The zero-order chi connectivity index (χ0) is 16.1. The molecular formula is C18H15N5. The number of nitrogens with one attached hydrogen (secondary N) is 1. The molecule has 2 aromatic carbocycles. The van der Waals surface area contributed by atoms with Crippen molar-refractivity contribution in [1.29, 1.82) is 5.26 Å². The number of hydrogen-bond donors (Lipinski definition) is 1. The molecule has 0 bridgehead atoms. The molecule has 5 heteroatoms. The van der Waals surface area contributed by atoms with Gasteiger partial charge in [0.15, 0.2) is 0 Å². The SMILES string of the molecule is CN(c1ccccc1)c1cc(Nc2ccc(C#N)cc2)ncn1. The molecular weight excluding hydrogens is 286 g/mol. The molecule has 3 rings (SSSR count). The van der Waals surface area contributed by atoms with Gasteiger partial charge < -0.3 is 10.2 Å². The second kappa shape index (κ2) is 6.58. The van der Waals surface area contributed by atoms with E-state index in [0.29, 0.717) is 11.4 Å². The lowest BCUT2D eigenvalue weighted by atomic mass is 10.2. The van der Waals surface area contributed by atoms with Crippen LogP contribution in [0.4, 0.5) is 23.0 Å². The Morgan fingerprint density at radius 1 is 1.00 bits per heavy atom. The normalized spacial score (nSPS) is 9.91. The van der Waals surface area contributed by atoms with Gasteiger partial charge in [0.25, 0.3) is 0 Å². The summed E-state index contributed by atoms with van der Waals surface area (Å²) in [5.41, 5.74) is 2.55. The van der Waals surface area contributed by atoms with Gasteiger partial charge in [-0.05, 0) is 36.4 Å². The molecule has 0 spiro atoms. The molecule has 0 fully saturated rings. The van der Waals surface area contributed by atoms with E-state index in [4.69, 9.17) is 5.26 Å². The fraction of sp³-hybridized carbons (Fsp3) is 0.0556. The third-order valence-corrected chi connectivity index (χ3v) is 3.43. The Morgan fingerprint density at radius 3 is 2.43 bits per heavy atom. The molecule has 112 valence electrons. The van der Waals surface area contributed by atoms with Gasteiger partial charge in [-0.25, -0.2) is 9.97 Å². The number of hydrogen-bond acceptors (Lipinski definition) is 5. The van der Waals surface area contributed by atoms with Crippen molar-refractivity contribution in [3.63, 3.8) is 0 Å². The summed E-state index contributed by atoms with van der Waals surface area (Å²) in [6, 6.07) is 21.2. The highest BCUT2D eigenvalue weighted by atomic mass is 15.2. The first-order valence-corrected chi connectivity index (χ1v) is 7.14. The van der Waals surface area contributed by atoms with Crippen molar-refractivity contribution in [1.82, 2.24) is 9.97 Å². The Bertz CT molecular complexity index is 822. The molecule has 1 N–H and O–H groups in total. The summed E-state index contributed by atoms with van der Waals surface area (Å²) >= 11 is 0. The van der Waals surface area contributed by atoms with E-state index >= 15 is 0 Å². The average Bonchev–Trinajstić information content (AvgIpc) is 2.63. The van der Waals surface area contributed by atoms with Crippen molar-refractivity contribution in [3.8, 4) is 6.07 Å². The van der Waals surface area contributed by atoms with Crippen LogP contribution in [0.25, 0.3) is 0 Å². The van der Waals surface area contributed by atoms with Crippen LogP contribution in [-0.4, -0.2) is 17.0 Å². The highest BCUT2D eigenvalue weighted by molar-refractivity contribution is 5.64. The van der Waals surface area contributed by atoms with E-state index in [1.54, 1.807) is 12.1 Å². The van der Waals surface area contributed by atoms with Crippen molar-refractivity contribution in [3.05, 3.63) is 72.6 Å². The third-order valence-electron chi connectivity index (χ3n) is 3.43. The van der Waals surface area contributed by atoms with Crippen LogP contribution in [0.3, 0.4) is 0 Å². The zero-order valence-electron chi connectivity index (χ0n) is 12.6. The van der Waals surface area contributed by atoms with Gasteiger partial charge in [-0.2, -0.15) is 5.26 Å². The molecule has 0 atom stereocenters. The van der Waals surface area contributed by atoms with Crippen molar-refractivity contribution < 1.29 is 0 Å². The van der Waals surface area contributed by atoms with E-state index < -0.39 is 0 Å². The van der Waals surface area contributed by atoms with E-state index in [1.165, 1.54) is 6.33 Å². The van der Waals surface area contributed by atoms with Crippen LogP contribution in [0, 0.1) is 11.3 Å². The number of para-hydroxylation sites is 1. The molecule has 0 aliphatic carbocycles. The van der Waals surface area contributed by atoms with Crippen molar-refractivity contribution >= 4 is 23.0 Å². The summed E-state index contributed by atoms with van der Waals surface area (Å²) in [4.78, 5) is 10.5. The van der Waals surface area contributed by atoms with Gasteiger partial charge in [-0.3, -0.25) is 0 Å². The summed E-state index contributed by atoms with van der Waals surface area (Å²) in [7, 11) is 1.96. The Labute approximate surface area is 134 Å². The van der Waals surface area contributed by atoms with Crippen molar-refractivity contribution in [2.45, 2.75) is 0 Å². The van der Waals surface area contributed by atoms with Gasteiger partial charge in [0.2, 0.25) is 0 Å². The summed E-state index contributed by atoms with van der Waals surface area (Å²) in [6.45, 7) is 0. The van der Waals surface area contributed by atoms with Crippen LogP contribution in [0.1, 0.15) is 5.56 Å². The van der Waals surface area contributed by atoms with Gasteiger partial charge in [-0.1, -0.05) is 18.2 Å². The number of anilines is 4. The number of aromatic nitrogens is 2. The lowest BCUT2D eigenvalue weighted by molar-refractivity contribution is 1.08. The fourth-order valence-electron chi connectivity index (χ4n) is 2.16. The van der Waals surface area contributed by atoms with Gasteiger partial charge >= 0.3 is 0 Å². The Hall–Kier alpha value is -3.39. The standard InChI is InChI=1S/C18H15N5/c1-23(16-5-3-2-4-6-16)18-11-17(20-13-21-18)22-15-9-7-14(12-19)8-10-15/h2-11,13H,1H3,(H,20,21,22).